The van der Waals surface area contributed by atoms with E-state index in [1.165, 1.54) is 16.9 Å². The third-order valence-electron chi connectivity index (χ3n) is 3.12. The van der Waals surface area contributed by atoms with Crippen LogP contribution in [0.5, 0.6) is 0 Å². The molecule has 0 spiro atoms. The van der Waals surface area contributed by atoms with Crippen LogP contribution in [0.15, 0.2) is 30.6 Å². The highest BCUT2D eigenvalue weighted by atomic mass is 16.6. The Hall–Kier alpha value is -2.70. The summed E-state index contributed by atoms with van der Waals surface area (Å²) >= 11 is 0. The summed E-state index contributed by atoms with van der Waals surface area (Å²) in [6.45, 7) is 3.33. The van der Waals surface area contributed by atoms with E-state index in [0.29, 0.717) is 16.7 Å². The molecule has 0 bridgehead atoms. The lowest BCUT2D eigenvalue weighted by Crippen LogP contribution is -2.09. The number of hydrogen-bond donors (Lipinski definition) is 0. The van der Waals surface area contributed by atoms with Crippen molar-refractivity contribution in [3.8, 4) is 0 Å². The molecule has 2 aromatic rings. The van der Waals surface area contributed by atoms with Crippen molar-refractivity contribution in [2.24, 2.45) is 7.05 Å². The van der Waals surface area contributed by atoms with Crippen molar-refractivity contribution in [1.29, 1.82) is 0 Å². The summed E-state index contributed by atoms with van der Waals surface area (Å²) in [5.74, 6) is -0.515. The van der Waals surface area contributed by atoms with Crippen LogP contribution in [0.4, 0.5) is 5.69 Å². The minimum atomic E-state index is -0.586. The fourth-order valence-electron chi connectivity index (χ4n) is 1.90. The van der Waals surface area contributed by atoms with Gasteiger partial charge in [0.05, 0.1) is 16.7 Å². The summed E-state index contributed by atoms with van der Waals surface area (Å²) in [4.78, 5) is 22.4. The van der Waals surface area contributed by atoms with E-state index in [2.05, 4.69) is 5.10 Å². The van der Waals surface area contributed by atoms with Gasteiger partial charge >= 0.3 is 5.97 Å². The maximum Gasteiger partial charge on any atom is 0.341 e. The van der Waals surface area contributed by atoms with E-state index in [0.717, 1.165) is 0 Å². The van der Waals surface area contributed by atoms with Gasteiger partial charge in [0.25, 0.3) is 5.69 Å². The zero-order valence-corrected chi connectivity index (χ0v) is 11.9. The van der Waals surface area contributed by atoms with Crippen molar-refractivity contribution in [2.45, 2.75) is 20.0 Å². The summed E-state index contributed by atoms with van der Waals surface area (Å²) in [5, 5.41) is 14.8. The average molecular weight is 289 g/mol. The van der Waals surface area contributed by atoms with Gasteiger partial charge in [0.2, 0.25) is 0 Å². The maximum absolute atomic E-state index is 11.9. The van der Waals surface area contributed by atoms with E-state index in [-0.39, 0.29) is 5.69 Å². The van der Waals surface area contributed by atoms with Crippen LogP contribution in [0.1, 0.15) is 34.5 Å². The van der Waals surface area contributed by atoms with Crippen LogP contribution in [0, 0.1) is 17.0 Å². The van der Waals surface area contributed by atoms with Gasteiger partial charge in [0, 0.05) is 24.9 Å². The van der Waals surface area contributed by atoms with Crippen molar-refractivity contribution in [3.63, 3.8) is 0 Å². The van der Waals surface area contributed by atoms with E-state index in [4.69, 9.17) is 4.74 Å². The van der Waals surface area contributed by atoms with Gasteiger partial charge in [-0.2, -0.15) is 5.10 Å². The molecule has 1 heterocycles. The Morgan fingerprint density at radius 1 is 1.48 bits per heavy atom. The topological polar surface area (TPSA) is 87.3 Å². The highest BCUT2D eigenvalue weighted by Crippen LogP contribution is 2.25. The van der Waals surface area contributed by atoms with E-state index in [1.807, 2.05) is 0 Å². The van der Waals surface area contributed by atoms with Crippen molar-refractivity contribution in [2.75, 3.05) is 0 Å². The zero-order valence-electron chi connectivity index (χ0n) is 11.9. The summed E-state index contributed by atoms with van der Waals surface area (Å²) in [6.07, 6.45) is 2.37. The number of rotatable bonds is 4. The molecule has 1 aromatic carbocycles. The first-order valence-corrected chi connectivity index (χ1v) is 6.33. The molecule has 7 nitrogen and oxygen atoms in total. The molecule has 110 valence electrons. The molecular formula is C14H15N3O4. The molecule has 0 aliphatic carbocycles. The van der Waals surface area contributed by atoms with Crippen LogP contribution in [0.25, 0.3) is 0 Å². The first kappa shape index (κ1) is 14.7. The Morgan fingerprint density at radius 3 is 2.76 bits per heavy atom. The molecule has 0 fully saturated rings. The lowest BCUT2D eigenvalue weighted by atomic mass is 10.1. The van der Waals surface area contributed by atoms with Gasteiger partial charge in [-0.05, 0) is 19.4 Å². The molecule has 2 rings (SSSR count). The first-order valence-electron chi connectivity index (χ1n) is 6.33. The first-order chi connectivity index (χ1) is 9.88. The third kappa shape index (κ3) is 3.25. The molecule has 0 N–H and O–H groups in total. The largest absolute Gasteiger partial charge is 0.454 e. The molecule has 0 radical (unpaired) electrons. The summed E-state index contributed by atoms with van der Waals surface area (Å²) in [5.41, 5.74) is 1.49. The van der Waals surface area contributed by atoms with Gasteiger partial charge in [-0.1, -0.05) is 12.1 Å². The highest BCUT2D eigenvalue weighted by Gasteiger charge is 2.18. The van der Waals surface area contributed by atoms with Crippen LogP contribution >= 0.6 is 0 Å². The second-order valence-electron chi connectivity index (χ2n) is 4.75. The molecular weight excluding hydrogens is 274 g/mol. The number of ether oxygens (including phenoxy) is 1. The summed E-state index contributed by atoms with van der Waals surface area (Å²) < 4.78 is 6.79. The van der Waals surface area contributed by atoms with Crippen LogP contribution in [-0.2, 0) is 11.8 Å². The predicted octanol–water partition coefficient (Wildman–Crippen LogP) is 2.55. The number of aromatic nitrogens is 2. The van der Waals surface area contributed by atoms with Crippen LogP contribution in [-0.4, -0.2) is 20.7 Å². The number of benzene rings is 1. The lowest BCUT2D eigenvalue weighted by Gasteiger charge is -2.13. The standard InChI is InChI=1S/C14H15N3O4/c1-9-4-5-11(6-13(9)17(19)20)10(2)21-14(18)12-7-15-16(3)8-12/h4-8,10H,1-3H3/t10-/m1/s1. The zero-order chi connectivity index (χ0) is 15.6. The quantitative estimate of drug-likeness (QED) is 0.490. The predicted molar refractivity (Wildman–Crippen MR) is 74.9 cm³/mol. The fraction of sp³-hybridized carbons (Fsp3) is 0.286. The van der Waals surface area contributed by atoms with Gasteiger partial charge in [0.15, 0.2) is 0 Å². The molecule has 1 atom stereocenters. The SMILES string of the molecule is Cc1ccc([C@@H](C)OC(=O)c2cnn(C)c2)cc1[N+](=O)[O-]. The number of carbonyl (C=O) groups excluding carboxylic acids is 1. The fourth-order valence-corrected chi connectivity index (χ4v) is 1.90. The third-order valence-corrected chi connectivity index (χ3v) is 3.12. The smallest absolute Gasteiger partial charge is 0.341 e. The molecule has 0 aliphatic rings. The molecule has 7 heteroatoms. The minimum Gasteiger partial charge on any atom is -0.454 e. The van der Waals surface area contributed by atoms with Gasteiger partial charge in [-0.3, -0.25) is 14.8 Å². The van der Waals surface area contributed by atoms with Crippen LogP contribution in [0.2, 0.25) is 0 Å². The van der Waals surface area contributed by atoms with Gasteiger partial charge in [-0.15, -0.1) is 0 Å². The molecule has 21 heavy (non-hydrogen) atoms. The Labute approximate surface area is 121 Å². The number of nitro groups is 1. The number of esters is 1. The van der Waals surface area contributed by atoms with Crippen LogP contribution < -0.4 is 0 Å². The van der Waals surface area contributed by atoms with Gasteiger partial charge < -0.3 is 4.74 Å². The average Bonchev–Trinajstić information content (AvgIpc) is 2.85. The Balaban J connectivity index is 2.17. The van der Waals surface area contributed by atoms with Crippen LogP contribution in [0.3, 0.4) is 0 Å². The second kappa shape index (κ2) is 5.74. The van der Waals surface area contributed by atoms with Gasteiger partial charge in [0.1, 0.15) is 6.10 Å². The lowest BCUT2D eigenvalue weighted by molar-refractivity contribution is -0.385. The number of nitrogens with zero attached hydrogens (tertiary/aromatic N) is 3. The summed E-state index contributed by atoms with van der Waals surface area (Å²) in [7, 11) is 1.70. The second-order valence-corrected chi connectivity index (χ2v) is 4.75. The van der Waals surface area contributed by atoms with E-state index >= 15 is 0 Å². The normalized spacial score (nSPS) is 12.0. The minimum absolute atomic E-state index is 0.0109. The summed E-state index contributed by atoms with van der Waals surface area (Å²) in [6, 6.07) is 4.78. The maximum atomic E-state index is 11.9. The van der Waals surface area contributed by atoms with E-state index in [1.54, 1.807) is 39.2 Å². The Kier molecular flexibility index (Phi) is 4.02. The highest BCUT2D eigenvalue weighted by molar-refractivity contribution is 5.88. The molecule has 0 amide bonds. The molecule has 0 unspecified atom stereocenters. The molecule has 0 saturated heterocycles. The Bertz CT molecular complexity index is 693. The van der Waals surface area contributed by atoms with Gasteiger partial charge in [-0.25, -0.2) is 4.79 Å². The van der Waals surface area contributed by atoms with E-state index < -0.39 is 17.0 Å². The molecule has 1 aromatic heterocycles. The molecule has 0 saturated carbocycles. The number of hydrogen-bond acceptors (Lipinski definition) is 5. The molecule has 0 aliphatic heterocycles. The van der Waals surface area contributed by atoms with Crippen molar-refractivity contribution in [1.82, 2.24) is 9.78 Å². The van der Waals surface area contributed by atoms with Crippen molar-refractivity contribution in [3.05, 3.63) is 57.4 Å². The number of aryl methyl sites for hydroxylation is 2. The Morgan fingerprint density at radius 2 is 2.19 bits per heavy atom. The van der Waals surface area contributed by atoms with Crippen molar-refractivity contribution >= 4 is 11.7 Å². The number of nitro benzene ring substituents is 1. The van der Waals surface area contributed by atoms with Crippen molar-refractivity contribution < 1.29 is 14.5 Å². The van der Waals surface area contributed by atoms with E-state index in [9.17, 15) is 14.9 Å². The monoisotopic (exact) mass is 289 g/mol. The number of carbonyl (C=O) groups is 1.